The van der Waals surface area contributed by atoms with Crippen molar-refractivity contribution in [2.75, 3.05) is 12.4 Å². The first-order valence-electron chi connectivity index (χ1n) is 5.80. The molecule has 2 aromatic rings. The second-order valence-electron chi connectivity index (χ2n) is 4.17. The van der Waals surface area contributed by atoms with Crippen molar-refractivity contribution in [1.82, 2.24) is 9.97 Å². The number of nitrogens with zero attached hydrogens (tertiary/aromatic N) is 2. The molecule has 5 heteroatoms. The molecule has 18 heavy (non-hydrogen) atoms. The van der Waals surface area contributed by atoms with Crippen LogP contribution in [0, 0.1) is 13.8 Å². The average Bonchev–Trinajstić information content (AvgIpc) is 2.78. The van der Waals surface area contributed by atoms with Crippen LogP contribution in [0.1, 0.15) is 28.3 Å². The summed E-state index contributed by atoms with van der Waals surface area (Å²) in [7, 11) is 1.62. The van der Waals surface area contributed by atoms with Gasteiger partial charge in [-0.3, -0.25) is 0 Å². The van der Waals surface area contributed by atoms with Crippen molar-refractivity contribution >= 4 is 17.2 Å². The minimum atomic E-state index is 0.224. The van der Waals surface area contributed by atoms with Crippen LogP contribution in [0.5, 0.6) is 5.88 Å². The van der Waals surface area contributed by atoms with Crippen LogP contribution in [-0.2, 0) is 0 Å². The maximum atomic E-state index is 5.19. The van der Waals surface area contributed by atoms with Gasteiger partial charge in [0.2, 0.25) is 5.88 Å². The molecule has 0 fully saturated rings. The Morgan fingerprint density at radius 2 is 2.06 bits per heavy atom. The topological polar surface area (TPSA) is 47.0 Å². The Hall–Kier alpha value is -1.62. The van der Waals surface area contributed by atoms with Crippen molar-refractivity contribution in [3.63, 3.8) is 0 Å². The maximum absolute atomic E-state index is 5.19. The minimum absolute atomic E-state index is 0.224. The second kappa shape index (κ2) is 5.35. The van der Waals surface area contributed by atoms with E-state index in [0.717, 1.165) is 11.4 Å². The molecule has 2 heterocycles. The van der Waals surface area contributed by atoms with Gasteiger partial charge < -0.3 is 10.1 Å². The van der Waals surface area contributed by atoms with E-state index in [9.17, 15) is 0 Å². The van der Waals surface area contributed by atoms with Gasteiger partial charge in [-0.2, -0.15) is 0 Å². The van der Waals surface area contributed by atoms with Crippen molar-refractivity contribution in [1.29, 1.82) is 0 Å². The summed E-state index contributed by atoms with van der Waals surface area (Å²) in [5, 5.41) is 3.39. The Kier molecular flexibility index (Phi) is 3.81. The van der Waals surface area contributed by atoms with Gasteiger partial charge in [-0.15, -0.1) is 11.3 Å². The summed E-state index contributed by atoms with van der Waals surface area (Å²) in [6, 6.07) is 4.50. The summed E-state index contributed by atoms with van der Waals surface area (Å²) >= 11 is 1.79. The molecule has 0 aliphatic carbocycles. The molecule has 0 aromatic carbocycles. The molecule has 0 aliphatic rings. The lowest BCUT2D eigenvalue weighted by Crippen LogP contribution is -2.09. The fourth-order valence-corrected chi connectivity index (χ4v) is 2.63. The molecule has 2 rings (SSSR count). The van der Waals surface area contributed by atoms with E-state index in [4.69, 9.17) is 4.74 Å². The van der Waals surface area contributed by atoms with Gasteiger partial charge in [-0.05, 0) is 32.9 Å². The standard InChI is InChI=1S/C13H17N3OS/c1-8-5-6-11(18-8)10(3)16-12-9(2)13(17-4)15-7-14-12/h5-7,10H,1-4H3,(H,14,15,16). The highest BCUT2D eigenvalue weighted by Crippen LogP contribution is 2.27. The molecule has 0 spiro atoms. The van der Waals surface area contributed by atoms with Crippen LogP contribution in [0.25, 0.3) is 0 Å². The zero-order chi connectivity index (χ0) is 13.1. The third-order valence-electron chi connectivity index (χ3n) is 2.77. The van der Waals surface area contributed by atoms with E-state index < -0.39 is 0 Å². The van der Waals surface area contributed by atoms with E-state index in [1.165, 1.54) is 16.1 Å². The third kappa shape index (κ3) is 2.61. The van der Waals surface area contributed by atoms with E-state index in [-0.39, 0.29) is 6.04 Å². The van der Waals surface area contributed by atoms with Crippen molar-refractivity contribution in [3.05, 3.63) is 33.8 Å². The fraction of sp³-hybridized carbons (Fsp3) is 0.385. The van der Waals surface area contributed by atoms with Gasteiger partial charge in [-0.25, -0.2) is 9.97 Å². The number of hydrogen-bond acceptors (Lipinski definition) is 5. The molecule has 0 amide bonds. The second-order valence-corrected chi connectivity index (χ2v) is 5.49. The molecule has 2 aromatic heterocycles. The van der Waals surface area contributed by atoms with Gasteiger partial charge in [0.1, 0.15) is 12.1 Å². The largest absolute Gasteiger partial charge is 0.481 e. The summed E-state index contributed by atoms with van der Waals surface area (Å²) in [6.45, 7) is 6.19. The van der Waals surface area contributed by atoms with E-state index in [0.29, 0.717) is 5.88 Å². The Morgan fingerprint density at radius 3 is 2.67 bits per heavy atom. The van der Waals surface area contributed by atoms with E-state index in [1.54, 1.807) is 18.4 Å². The Labute approximate surface area is 111 Å². The molecule has 0 saturated heterocycles. The van der Waals surface area contributed by atoms with Crippen LogP contribution in [0.4, 0.5) is 5.82 Å². The summed E-state index contributed by atoms with van der Waals surface area (Å²) in [5.41, 5.74) is 0.931. The third-order valence-corrected chi connectivity index (χ3v) is 3.96. The molecule has 96 valence electrons. The number of hydrogen-bond donors (Lipinski definition) is 1. The summed E-state index contributed by atoms with van der Waals surface area (Å²) in [6.07, 6.45) is 1.51. The van der Waals surface area contributed by atoms with Crippen LogP contribution < -0.4 is 10.1 Å². The Balaban J connectivity index is 2.19. The lowest BCUT2D eigenvalue weighted by atomic mass is 10.2. The number of rotatable bonds is 4. The van der Waals surface area contributed by atoms with Crippen molar-refractivity contribution in [2.45, 2.75) is 26.8 Å². The van der Waals surface area contributed by atoms with Crippen LogP contribution in [0.2, 0.25) is 0 Å². The van der Waals surface area contributed by atoms with E-state index in [1.807, 2.05) is 6.92 Å². The molecule has 0 aliphatic heterocycles. The van der Waals surface area contributed by atoms with Gasteiger partial charge >= 0.3 is 0 Å². The minimum Gasteiger partial charge on any atom is -0.481 e. The van der Waals surface area contributed by atoms with Crippen LogP contribution >= 0.6 is 11.3 Å². The lowest BCUT2D eigenvalue weighted by molar-refractivity contribution is 0.393. The summed E-state index contributed by atoms with van der Waals surface area (Å²) in [5.74, 6) is 1.43. The Bertz CT molecular complexity index is 539. The quantitative estimate of drug-likeness (QED) is 0.919. The van der Waals surface area contributed by atoms with Gasteiger partial charge in [0.25, 0.3) is 0 Å². The maximum Gasteiger partial charge on any atom is 0.221 e. The lowest BCUT2D eigenvalue weighted by Gasteiger charge is -2.15. The highest BCUT2D eigenvalue weighted by atomic mass is 32.1. The number of nitrogens with one attached hydrogen (secondary N) is 1. The highest BCUT2D eigenvalue weighted by molar-refractivity contribution is 7.12. The average molecular weight is 263 g/mol. The number of anilines is 1. The van der Waals surface area contributed by atoms with Crippen LogP contribution in [0.15, 0.2) is 18.5 Å². The monoisotopic (exact) mass is 263 g/mol. The summed E-state index contributed by atoms with van der Waals surface area (Å²) in [4.78, 5) is 10.9. The van der Waals surface area contributed by atoms with Crippen molar-refractivity contribution in [2.24, 2.45) is 0 Å². The molecule has 1 unspecified atom stereocenters. The predicted molar refractivity (Wildman–Crippen MR) is 74.4 cm³/mol. The predicted octanol–water partition coefficient (Wildman–Crippen LogP) is 3.34. The Morgan fingerprint density at radius 1 is 1.28 bits per heavy atom. The number of ether oxygens (including phenoxy) is 1. The van der Waals surface area contributed by atoms with Crippen LogP contribution in [0.3, 0.4) is 0 Å². The number of aromatic nitrogens is 2. The fourth-order valence-electron chi connectivity index (χ4n) is 1.75. The molecular weight excluding hydrogens is 246 g/mol. The van der Waals surface area contributed by atoms with Gasteiger partial charge in [0.15, 0.2) is 0 Å². The smallest absolute Gasteiger partial charge is 0.221 e. The SMILES string of the molecule is COc1ncnc(NC(C)c2ccc(C)s2)c1C. The molecule has 0 saturated carbocycles. The van der Waals surface area contributed by atoms with E-state index in [2.05, 4.69) is 41.3 Å². The first-order chi connectivity index (χ1) is 8.61. The van der Waals surface area contributed by atoms with Crippen LogP contribution in [-0.4, -0.2) is 17.1 Å². The number of methoxy groups -OCH3 is 1. The number of aryl methyl sites for hydroxylation is 1. The van der Waals surface area contributed by atoms with Gasteiger partial charge in [0.05, 0.1) is 18.7 Å². The molecule has 0 radical (unpaired) electrons. The molecule has 0 bridgehead atoms. The van der Waals surface area contributed by atoms with Gasteiger partial charge in [-0.1, -0.05) is 0 Å². The molecule has 4 nitrogen and oxygen atoms in total. The van der Waals surface area contributed by atoms with Crippen molar-refractivity contribution in [3.8, 4) is 5.88 Å². The molecular formula is C13H17N3OS. The van der Waals surface area contributed by atoms with Crippen molar-refractivity contribution < 1.29 is 4.74 Å². The highest BCUT2D eigenvalue weighted by Gasteiger charge is 2.12. The zero-order valence-corrected chi connectivity index (χ0v) is 11.8. The first-order valence-corrected chi connectivity index (χ1v) is 6.62. The normalized spacial score (nSPS) is 12.2. The molecule has 1 N–H and O–H groups in total. The molecule has 1 atom stereocenters. The number of thiophene rings is 1. The van der Waals surface area contributed by atoms with Gasteiger partial charge in [0, 0.05) is 9.75 Å². The van der Waals surface area contributed by atoms with E-state index >= 15 is 0 Å². The summed E-state index contributed by atoms with van der Waals surface area (Å²) < 4.78 is 5.19. The first kappa shape index (κ1) is 12.8. The zero-order valence-electron chi connectivity index (χ0n) is 11.0.